The highest BCUT2D eigenvalue weighted by molar-refractivity contribution is 8.04. The molecule has 1 aromatic rings. The van der Waals surface area contributed by atoms with Crippen LogP contribution in [-0.2, 0) is 4.79 Å². The standard InChI is InChI=1S/C19H22N2O5S/c22-13-8-14(26-16(23)9-13)17(24)20-19-6-2-1-4-12(19)10-21(11-19)18(25)15-5-3-7-27-15/h5,8-9,12,22H,1-4,6-7,10-11H2,(H,20,24)/t12-,19-/m1/s1. The number of thioether (sulfide) groups is 1. The van der Waals surface area contributed by atoms with Crippen molar-refractivity contribution >= 4 is 23.6 Å². The number of allylic oxidation sites excluding steroid dienone is 1. The molecule has 0 spiro atoms. The first kappa shape index (κ1) is 18.2. The van der Waals surface area contributed by atoms with Crippen LogP contribution in [-0.4, -0.2) is 46.2 Å². The van der Waals surface area contributed by atoms with E-state index in [4.69, 9.17) is 4.42 Å². The van der Waals surface area contributed by atoms with E-state index in [9.17, 15) is 19.5 Å². The minimum absolute atomic E-state index is 0.0458. The lowest BCUT2D eigenvalue weighted by Gasteiger charge is -2.39. The van der Waals surface area contributed by atoms with E-state index in [0.717, 1.165) is 54.9 Å². The normalized spacial score (nSPS) is 27.2. The third-order valence-corrected chi connectivity index (χ3v) is 6.76. The zero-order valence-corrected chi connectivity index (χ0v) is 15.7. The monoisotopic (exact) mass is 390 g/mol. The highest BCUT2D eigenvalue weighted by Crippen LogP contribution is 2.41. The zero-order valence-electron chi connectivity index (χ0n) is 14.9. The first-order valence-electron chi connectivity index (χ1n) is 9.26. The van der Waals surface area contributed by atoms with E-state index in [1.54, 1.807) is 11.8 Å². The maximum absolute atomic E-state index is 12.8. The molecule has 1 aromatic heterocycles. The molecule has 3 aliphatic rings. The third kappa shape index (κ3) is 3.50. The molecule has 2 aliphatic heterocycles. The summed E-state index contributed by atoms with van der Waals surface area (Å²) < 4.78 is 4.94. The molecule has 0 aromatic carbocycles. The number of hydrogen-bond acceptors (Lipinski definition) is 6. The Morgan fingerprint density at radius 3 is 2.93 bits per heavy atom. The van der Waals surface area contributed by atoms with Gasteiger partial charge in [-0.1, -0.05) is 18.9 Å². The smallest absolute Gasteiger partial charge is 0.340 e. The Bertz CT molecular complexity index is 864. The number of carbonyl (C=O) groups excluding carboxylic acids is 2. The van der Waals surface area contributed by atoms with Crippen LogP contribution in [0.5, 0.6) is 5.75 Å². The first-order chi connectivity index (χ1) is 13.0. The van der Waals surface area contributed by atoms with Crippen molar-refractivity contribution in [3.05, 3.63) is 39.3 Å². The highest BCUT2D eigenvalue weighted by atomic mass is 32.2. The van der Waals surface area contributed by atoms with Gasteiger partial charge in [0.15, 0.2) is 5.76 Å². The maximum atomic E-state index is 12.8. The molecule has 2 N–H and O–H groups in total. The molecule has 144 valence electrons. The number of rotatable bonds is 3. The Morgan fingerprint density at radius 1 is 1.33 bits per heavy atom. The molecule has 3 heterocycles. The lowest BCUT2D eigenvalue weighted by Crippen LogP contribution is -2.56. The molecular formula is C19H22N2O5S. The topological polar surface area (TPSA) is 99.9 Å². The Kier molecular flexibility index (Phi) is 4.75. The molecular weight excluding hydrogens is 368 g/mol. The summed E-state index contributed by atoms with van der Waals surface area (Å²) in [6, 6.07) is 2.06. The van der Waals surface area contributed by atoms with Gasteiger partial charge in [-0.15, -0.1) is 11.8 Å². The van der Waals surface area contributed by atoms with Gasteiger partial charge in [-0.25, -0.2) is 4.79 Å². The molecule has 27 heavy (non-hydrogen) atoms. The number of aromatic hydroxyl groups is 1. The molecule has 0 bridgehead atoms. The van der Waals surface area contributed by atoms with Gasteiger partial charge in [0.1, 0.15) is 5.75 Å². The predicted octanol–water partition coefficient (Wildman–Crippen LogP) is 1.87. The summed E-state index contributed by atoms with van der Waals surface area (Å²) in [5.74, 6) is 0.120. The van der Waals surface area contributed by atoms with Gasteiger partial charge in [0, 0.05) is 30.8 Å². The average molecular weight is 390 g/mol. The molecule has 2 amide bonds. The Balaban J connectivity index is 1.56. The van der Waals surface area contributed by atoms with Crippen LogP contribution in [0.15, 0.2) is 32.3 Å². The quantitative estimate of drug-likeness (QED) is 0.817. The molecule has 7 nitrogen and oxygen atoms in total. The van der Waals surface area contributed by atoms with Gasteiger partial charge in [-0.3, -0.25) is 9.59 Å². The second-order valence-electron chi connectivity index (χ2n) is 7.44. The van der Waals surface area contributed by atoms with E-state index in [1.807, 2.05) is 11.0 Å². The number of nitrogens with one attached hydrogen (secondary N) is 1. The van der Waals surface area contributed by atoms with E-state index < -0.39 is 17.1 Å². The molecule has 0 radical (unpaired) electrons. The lowest BCUT2D eigenvalue weighted by atomic mass is 9.75. The van der Waals surface area contributed by atoms with Crippen molar-refractivity contribution in [1.82, 2.24) is 10.2 Å². The molecule has 0 unspecified atom stereocenters. The second-order valence-corrected chi connectivity index (χ2v) is 8.58. The summed E-state index contributed by atoms with van der Waals surface area (Å²) >= 11 is 1.59. The number of hydrogen-bond donors (Lipinski definition) is 2. The SMILES string of the molecule is O=C(N[C@@]12CCCC[C@@H]1CN(C(=O)C1=CCCS1)C2)c1cc(O)cc(=O)o1. The van der Waals surface area contributed by atoms with E-state index in [2.05, 4.69) is 5.32 Å². The molecule has 1 aliphatic carbocycles. The Labute approximate surface area is 160 Å². The van der Waals surface area contributed by atoms with Crippen molar-refractivity contribution in [3.8, 4) is 5.75 Å². The third-order valence-electron chi connectivity index (χ3n) is 5.67. The van der Waals surface area contributed by atoms with E-state index in [0.29, 0.717) is 13.1 Å². The lowest BCUT2D eigenvalue weighted by molar-refractivity contribution is -0.125. The average Bonchev–Trinajstić information content (AvgIpc) is 3.28. The molecule has 1 saturated carbocycles. The van der Waals surface area contributed by atoms with Crippen molar-refractivity contribution in [2.75, 3.05) is 18.8 Å². The number of carbonyl (C=O) groups is 2. The van der Waals surface area contributed by atoms with E-state index in [-0.39, 0.29) is 23.3 Å². The van der Waals surface area contributed by atoms with Gasteiger partial charge in [-0.2, -0.15) is 0 Å². The Hall–Kier alpha value is -2.22. The van der Waals surface area contributed by atoms with Crippen LogP contribution >= 0.6 is 11.8 Å². The summed E-state index contributed by atoms with van der Waals surface area (Å²) in [5, 5.41) is 12.6. The summed E-state index contributed by atoms with van der Waals surface area (Å²) in [7, 11) is 0. The van der Waals surface area contributed by atoms with Crippen molar-refractivity contribution in [2.24, 2.45) is 5.92 Å². The minimum atomic E-state index is -0.772. The fourth-order valence-corrected chi connectivity index (χ4v) is 5.35. The number of likely N-dealkylation sites (tertiary alicyclic amines) is 1. The van der Waals surface area contributed by atoms with Gasteiger partial charge < -0.3 is 19.7 Å². The van der Waals surface area contributed by atoms with Crippen molar-refractivity contribution in [3.63, 3.8) is 0 Å². The zero-order chi connectivity index (χ0) is 19.0. The van der Waals surface area contributed by atoms with Gasteiger partial charge >= 0.3 is 5.63 Å². The molecule has 2 fully saturated rings. The van der Waals surface area contributed by atoms with Gasteiger partial charge in [-0.05, 0) is 19.3 Å². The molecule has 1 saturated heterocycles. The maximum Gasteiger partial charge on any atom is 0.340 e. The van der Waals surface area contributed by atoms with Crippen molar-refractivity contribution in [2.45, 2.75) is 37.6 Å². The highest BCUT2D eigenvalue weighted by Gasteiger charge is 2.50. The number of fused-ring (bicyclic) bond motifs is 1. The van der Waals surface area contributed by atoms with Crippen molar-refractivity contribution < 1.29 is 19.1 Å². The van der Waals surface area contributed by atoms with Crippen LogP contribution in [0.1, 0.15) is 42.7 Å². The van der Waals surface area contributed by atoms with Crippen LogP contribution in [0.2, 0.25) is 0 Å². The number of amides is 2. The van der Waals surface area contributed by atoms with E-state index in [1.165, 1.54) is 0 Å². The summed E-state index contributed by atoms with van der Waals surface area (Å²) in [6.45, 7) is 1.09. The fourth-order valence-electron chi connectivity index (χ4n) is 4.40. The van der Waals surface area contributed by atoms with E-state index >= 15 is 0 Å². The van der Waals surface area contributed by atoms with Crippen LogP contribution in [0.3, 0.4) is 0 Å². The van der Waals surface area contributed by atoms with Gasteiger partial charge in [0.25, 0.3) is 11.8 Å². The van der Waals surface area contributed by atoms with Crippen LogP contribution in [0.25, 0.3) is 0 Å². The molecule has 2 atom stereocenters. The largest absolute Gasteiger partial charge is 0.508 e. The summed E-state index contributed by atoms with van der Waals surface area (Å²) in [4.78, 5) is 39.6. The molecule has 8 heteroatoms. The predicted molar refractivity (Wildman–Crippen MR) is 101 cm³/mol. The van der Waals surface area contributed by atoms with Crippen LogP contribution < -0.4 is 10.9 Å². The van der Waals surface area contributed by atoms with Crippen molar-refractivity contribution in [1.29, 1.82) is 0 Å². The van der Waals surface area contributed by atoms with Gasteiger partial charge in [0.05, 0.1) is 16.5 Å². The first-order valence-corrected chi connectivity index (χ1v) is 10.2. The second kappa shape index (κ2) is 7.07. The number of nitrogens with zero attached hydrogens (tertiary/aromatic N) is 1. The summed E-state index contributed by atoms with van der Waals surface area (Å²) in [6.07, 6.45) is 6.68. The van der Waals surface area contributed by atoms with Crippen LogP contribution in [0.4, 0.5) is 0 Å². The fraction of sp³-hybridized carbons (Fsp3) is 0.526. The van der Waals surface area contributed by atoms with Crippen LogP contribution in [0, 0.1) is 5.92 Å². The van der Waals surface area contributed by atoms with Gasteiger partial charge in [0.2, 0.25) is 0 Å². The Morgan fingerprint density at radius 2 is 2.19 bits per heavy atom. The summed E-state index contributed by atoms with van der Waals surface area (Å²) in [5.41, 5.74) is -1.29. The molecule has 4 rings (SSSR count). The minimum Gasteiger partial charge on any atom is -0.508 e.